The first-order valence-electron chi connectivity index (χ1n) is 10.7. The first kappa shape index (κ1) is 22.8. The van der Waals surface area contributed by atoms with E-state index >= 15 is 4.39 Å². The second-order valence-corrected chi connectivity index (χ2v) is 10.4. The molecule has 1 aliphatic carbocycles. The Bertz CT molecular complexity index is 1120. The smallest absolute Gasteiger partial charge is 0.226 e. The van der Waals surface area contributed by atoms with Crippen molar-refractivity contribution in [1.29, 1.82) is 0 Å². The van der Waals surface area contributed by atoms with E-state index < -0.39 is 39.9 Å². The largest absolute Gasteiger partial charge is 0.334 e. The quantitative estimate of drug-likeness (QED) is 0.680. The summed E-state index contributed by atoms with van der Waals surface area (Å²) in [5, 5.41) is 0. The molecule has 0 aromatic heterocycles. The van der Waals surface area contributed by atoms with Crippen molar-refractivity contribution in [1.82, 2.24) is 9.62 Å². The van der Waals surface area contributed by atoms with Crippen molar-refractivity contribution in [3.8, 4) is 11.1 Å². The summed E-state index contributed by atoms with van der Waals surface area (Å²) in [5.74, 6) is -1.91. The van der Waals surface area contributed by atoms with E-state index in [4.69, 9.17) is 0 Å². The Labute approximate surface area is 185 Å². The third-order valence-electron chi connectivity index (χ3n) is 6.15. The molecule has 1 aliphatic heterocycles. The van der Waals surface area contributed by atoms with E-state index in [-0.39, 0.29) is 47.2 Å². The van der Waals surface area contributed by atoms with Crippen molar-refractivity contribution in [2.24, 2.45) is 5.92 Å². The monoisotopic (exact) mass is 466 g/mol. The lowest BCUT2D eigenvalue weighted by molar-refractivity contribution is -0.133. The first-order valence-corrected chi connectivity index (χ1v) is 12.3. The number of sulfonamides is 1. The average molecular weight is 467 g/mol. The Morgan fingerprint density at radius 3 is 2.44 bits per heavy atom. The predicted molar refractivity (Wildman–Crippen MR) is 115 cm³/mol. The highest BCUT2D eigenvalue weighted by molar-refractivity contribution is 7.89. The SMILES string of the molecule is CCS(=O)(=O)N[C@H]1[C@@H](F)CN(C(=O)C2CC2)[C@H]1Cc1cccc(-c2ccccc2F)c1F. The molecule has 172 valence electrons. The fourth-order valence-corrected chi connectivity index (χ4v) is 5.11. The fourth-order valence-electron chi connectivity index (χ4n) is 4.22. The van der Waals surface area contributed by atoms with Gasteiger partial charge in [-0.05, 0) is 37.8 Å². The molecule has 32 heavy (non-hydrogen) atoms. The van der Waals surface area contributed by atoms with Gasteiger partial charge in [-0.1, -0.05) is 36.4 Å². The van der Waals surface area contributed by atoms with E-state index in [2.05, 4.69) is 4.72 Å². The topological polar surface area (TPSA) is 66.5 Å². The number of benzene rings is 2. The number of nitrogens with zero attached hydrogens (tertiary/aromatic N) is 1. The normalized spacial score (nSPS) is 23.5. The van der Waals surface area contributed by atoms with Crippen LogP contribution in [0.2, 0.25) is 0 Å². The number of hydrogen-bond donors (Lipinski definition) is 1. The zero-order chi connectivity index (χ0) is 23.0. The number of nitrogens with one attached hydrogen (secondary N) is 1. The Morgan fingerprint density at radius 2 is 1.78 bits per heavy atom. The van der Waals surface area contributed by atoms with Crippen molar-refractivity contribution in [3.05, 3.63) is 59.7 Å². The minimum atomic E-state index is -3.75. The lowest BCUT2D eigenvalue weighted by atomic mass is 9.95. The third-order valence-corrected chi connectivity index (χ3v) is 7.54. The molecule has 2 aromatic carbocycles. The molecule has 1 saturated carbocycles. The van der Waals surface area contributed by atoms with E-state index in [1.807, 2.05) is 0 Å². The van der Waals surface area contributed by atoms with Gasteiger partial charge in [-0.3, -0.25) is 4.79 Å². The van der Waals surface area contributed by atoms with Gasteiger partial charge < -0.3 is 4.90 Å². The Hall–Kier alpha value is -2.39. The van der Waals surface area contributed by atoms with Crippen LogP contribution in [0.25, 0.3) is 11.1 Å². The molecule has 3 atom stereocenters. The highest BCUT2D eigenvalue weighted by Gasteiger charge is 2.48. The minimum Gasteiger partial charge on any atom is -0.334 e. The summed E-state index contributed by atoms with van der Waals surface area (Å²) >= 11 is 0. The van der Waals surface area contributed by atoms with Crippen LogP contribution in [-0.2, 0) is 21.2 Å². The number of alkyl halides is 1. The van der Waals surface area contributed by atoms with Gasteiger partial charge in [0.15, 0.2) is 0 Å². The number of carbonyl (C=O) groups is 1. The summed E-state index contributed by atoms with van der Waals surface area (Å²) in [6.45, 7) is 1.19. The van der Waals surface area contributed by atoms with Gasteiger partial charge in [0, 0.05) is 17.0 Å². The first-order chi connectivity index (χ1) is 15.2. The molecule has 9 heteroatoms. The van der Waals surface area contributed by atoms with Crippen LogP contribution in [0.5, 0.6) is 0 Å². The maximum Gasteiger partial charge on any atom is 0.226 e. The zero-order valence-corrected chi connectivity index (χ0v) is 18.4. The van der Waals surface area contributed by atoms with Gasteiger partial charge in [0.1, 0.15) is 17.8 Å². The van der Waals surface area contributed by atoms with Crippen molar-refractivity contribution >= 4 is 15.9 Å². The summed E-state index contributed by atoms with van der Waals surface area (Å²) < 4.78 is 71.3. The van der Waals surface area contributed by atoms with E-state index in [0.717, 1.165) is 0 Å². The number of hydrogen-bond acceptors (Lipinski definition) is 3. The van der Waals surface area contributed by atoms with Crippen molar-refractivity contribution < 1.29 is 26.4 Å². The molecule has 2 fully saturated rings. The summed E-state index contributed by atoms with van der Waals surface area (Å²) in [7, 11) is -3.75. The fraction of sp³-hybridized carbons (Fsp3) is 0.435. The van der Waals surface area contributed by atoms with Crippen molar-refractivity contribution in [3.63, 3.8) is 0 Å². The second-order valence-electron chi connectivity index (χ2n) is 8.36. The lowest BCUT2D eigenvalue weighted by Gasteiger charge is -2.29. The molecule has 1 amide bonds. The zero-order valence-electron chi connectivity index (χ0n) is 17.6. The van der Waals surface area contributed by atoms with Gasteiger partial charge in [0.05, 0.1) is 24.4 Å². The van der Waals surface area contributed by atoms with Crippen LogP contribution < -0.4 is 4.72 Å². The number of rotatable bonds is 7. The van der Waals surface area contributed by atoms with Crippen LogP contribution in [0.15, 0.2) is 42.5 Å². The number of amides is 1. The molecule has 1 N–H and O–H groups in total. The molecular formula is C23H25F3N2O3S. The van der Waals surface area contributed by atoms with E-state index in [9.17, 15) is 22.0 Å². The summed E-state index contributed by atoms with van der Waals surface area (Å²) in [6.07, 6.45) is -0.283. The maximum atomic E-state index is 15.4. The van der Waals surface area contributed by atoms with Crippen molar-refractivity contribution in [2.75, 3.05) is 12.3 Å². The Kier molecular flexibility index (Phi) is 6.31. The number of halogens is 3. The van der Waals surface area contributed by atoms with Gasteiger partial charge >= 0.3 is 0 Å². The van der Waals surface area contributed by atoms with Crippen LogP contribution in [0.1, 0.15) is 25.3 Å². The van der Waals surface area contributed by atoms with Crippen LogP contribution in [-0.4, -0.2) is 49.8 Å². The standard InChI is InChI=1S/C23H25F3N2O3S/c1-2-32(30,31)27-22-19(25)13-28(23(29)14-10-11-14)20(22)12-15-6-5-8-17(21(15)26)16-7-3-4-9-18(16)24/h3-9,14,19-20,22,27H,2,10-13H2,1H3/t19-,20-,22-/m0/s1. The Morgan fingerprint density at radius 1 is 1.09 bits per heavy atom. The van der Waals surface area contributed by atoms with Crippen LogP contribution >= 0.6 is 0 Å². The predicted octanol–water partition coefficient (Wildman–Crippen LogP) is 3.44. The molecule has 5 nitrogen and oxygen atoms in total. The summed E-state index contributed by atoms with van der Waals surface area (Å²) in [4.78, 5) is 14.1. The number of carbonyl (C=O) groups excluding carboxylic acids is 1. The van der Waals surface area contributed by atoms with Gasteiger partial charge in [-0.2, -0.15) is 0 Å². The molecule has 0 radical (unpaired) electrons. The maximum absolute atomic E-state index is 15.4. The molecular weight excluding hydrogens is 441 g/mol. The van der Waals surface area contributed by atoms with Gasteiger partial charge in [0.2, 0.25) is 15.9 Å². The molecule has 1 saturated heterocycles. The third kappa shape index (κ3) is 4.54. The second kappa shape index (κ2) is 8.86. The van der Waals surface area contributed by atoms with Crippen molar-refractivity contribution in [2.45, 2.75) is 44.4 Å². The molecule has 4 rings (SSSR count). The average Bonchev–Trinajstić information content (AvgIpc) is 3.57. The molecule has 0 spiro atoms. The van der Waals surface area contributed by atoms with E-state index in [1.165, 1.54) is 42.2 Å². The molecule has 0 unspecified atom stereocenters. The van der Waals surface area contributed by atoms with Gasteiger partial charge in [0.25, 0.3) is 0 Å². The highest BCUT2D eigenvalue weighted by Crippen LogP contribution is 2.36. The molecule has 2 aromatic rings. The summed E-state index contributed by atoms with van der Waals surface area (Å²) in [5.41, 5.74) is 0.316. The molecule has 2 aliphatic rings. The summed E-state index contributed by atoms with van der Waals surface area (Å²) in [6, 6.07) is 8.26. The van der Waals surface area contributed by atoms with Crippen LogP contribution in [0.4, 0.5) is 13.2 Å². The minimum absolute atomic E-state index is 0.0566. The van der Waals surface area contributed by atoms with Gasteiger partial charge in [-0.15, -0.1) is 0 Å². The number of likely N-dealkylation sites (tertiary alicyclic amines) is 1. The molecule has 1 heterocycles. The van der Waals surface area contributed by atoms with Gasteiger partial charge in [-0.25, -0.2) is 26.3 Å². The van der Waals surface area contributed by atoms with E-state index in [1.54, 1.807) is 12.1 Å². The van der Waals surface area contributed by atoms with Crippen LogP contribution in [0.3, 0.4) is 0 Å². The van der Waals surface area contributed by atoms with Crippen LogP contribution in [0, 0.1) is 17.6 Å². The lowest BCUT2D eigenvalue weighted by Crippen LogP contribution is -2.50. The Balaban J connectivity index is 1.69. The van der Waals surface area contributed by atoms with E-state index in [0.29, 0.717) is 12.8 Å². The highest BCUT2D eigenvalue weighted by atomic mass is 32.2. The molecule has 0 bridgehead atoms.